The zero-order chi connectivity index (χ0) is 9.84. The van der Waals surface area contributed by atoms with Crippen molar-refractivity contribution in [3.05, 3.63) is 29.6 Å². The summed E-state index contributed by atoms with van der Waals surface area (Å²) in [7, 11) is 0. The first kappa shape index (κ1) is 10.5. The molecule has 0 spiro atoms. The van der Waals surface area contributed by atoms with Gasteiger partial charge in [-0.2, -0.15) is 0 Å². The van der Waals surface area contributed by atoms with Gasteiger partial charge in [-0.25, -0.2) is 4.39 Å². The zero-order valence-corrected chi connectivity index (χ0v) is 8.57. The molecule has 0 radical (unpaired) electrons. The minimum atomic E-state index is -0.203. The molecule has 72 valence electrons. The molecule has 1 nitrogen and oxygen atoms in total. The summed E-state index contributed by atoms with van der Waals surface area (Å²) in [4.78, 5) is 0.643. The summed E-state index contributed by atoms with van der Waals surface area (Å²) < 4.78 is 13.2. The van der Waals surface area contributed by atoms with Crippen LogP contribution in [0.4, 0.5) is 4.39 Å². The third-order valence-electron chi connectivity index (χ3n) is 2.01. The molecule has 13 heavy (non-hydrogen) atoms. The predicted molar refractivity (Wildman–Crippen MR) is 53.7 cm³/mol. The summed E-state index contributed by atoms with van der Waals surface area (Å²) in [5.74, 6) is -0.205. The van der Waals surface area contributed by atoms with Gasteiger partial charge in [0.15, 0.2) is 0 Å². The van der Waals surface area contributed by atoms with E-state index in [1.807, 2.05) is 19.2 Å². The quantitative estimate of drug-likeness (QED) is 0.757. The number of hydrogen-bond donors (Lipinski definition) is 1. The molecule has 1 N–H and O–H groups in total. The van der Waals surface area contributed by atoms with Crippen LogP contribution in [0, 0.1) is 5.82 Å². The van der Waals surface area contributed by atoms with E-state index in [4.69, 9.17) is 5.11 Å². The number of thioether (sulfide) groups is 1. The van der Waals surface area contributed by atoms with Crippen LogP contribution in [-0.2, 0) is 0 Å². The highest BCUT2D eigenvalue weighted by Crippen LogP contribution is 2.29. The monoisotopic (exact) mass is 200 g/mol. The van der Waals surface area contributed by atoms with E-state index in [1.165, 1.54) is 17.8 Å². The Bertz CT molecular complexity index is 288. The SMILES string of the molecule is CSc1c(F)cccc1C(C)CO. The van der Waals surface area contributed by atoms with Crippen LogP contribution in [0.3, 0.4) is 0 Å². The van der Waals surface area contributed by atoms with Crippen LogP contribution in [0.15, 0.2) is 23.1 Å². The van der Waals surface area contributed by atoms with Gasteiger partial charge >= 0.3 is 0 Å². The van der Waals surface area contributed by atoms with E-state index in [0.717, 1.165) is 5.56 Å². The first-order chi connectivity index (χ1) is 6.20. The molecule has 0 aliphatic carbocycles. The molecule has 0 bridgehead atoms. The normalized spacial score (nSPS) is 12.9. The lowest BCUT2D eigenvalue weighted by atomic mass is 10.0. The average molecular weight is 200 g/mol. The first-order valence-electron chi connectivity index (χ1n) is 4.14. The molecule has 1 aromatic carbocycles. The van der Waals surface area contributed by atoms with Gasteiger partial charge in [0.1, 0.15) is 5.82 Å². The van der Waals surface area contributed by atoms with Crippen LogP contribution in [0.5, 0.6) is 0 Å². The molecule has 1 aromatic rings. The molecule has 0 aromatic heterocycles. The van der Waals surface area contributed by atoms with Gasteiger partial charge in [0.25, 0.3) is 0 Å². The van der Waals surface area contributed by atoms with Gasteiger partial charge in [-0.1, -0.05) is 19.1 Å². The van der Waals surface area contributed by atoms with Crippen molar-refractivity contribution < 1.29 is 9.50 Å². The van der Waals surface area contributed by atoms with Crippen LogP contribution in [0.25, 0.3) is 0 Å². The maximum atomic E-state index is 13.2. The molecule has 1 atom stereocenters. The lowest BCUT2D eigenvalue weighted by Crippen LogP contribution is -2.01. The molecule has 1 rings (SSSR count). The minimum Gasteiger partial charge on any atom is -0.396 e. The molecule has 0 heterocycles. The van der Waals surface area contributed by atoms with E-state index in [1.54, 1.807) is 6.07 Å². The Hall–Kier alpha value is -0.540. The van der Waals surface area contributed by atoms with Crippen molar-refractivity contribution in [2.75, 3.05) is 12.9 Å². The number of aliphatic hydroxyl groups excluding tert-OH is 1. The maximum Gasteiger partial charge on any atom is 0.137 e. The van der Waals surface area contributed by atoms with E-state index >= 15 is 0 Å². The molecule has 3 heteroatoms. The smallest absolute Gasteiger partial charge is 0.137 e. The van der Waals surface area contributed by atoms with E-state index in [-0.39, 0.29) is 18.3 Å². The van der Waals surface area contributed by atoms with Crippen molar-refractivity contribution in [1.82, 2.24) is 0 Å². The molecule has 0 fully saturated rings. The number of hydrogen-bond acceptors (Lipinski definition) is 2. The predicted octanol–water partition coefficient (Wildman–Crippen LogP) is 2.64. The zero-order valence-electron chi connectivity index (χ0n) is 7.75. The van der Waals surface area contributed by atoms with Crippen molar-refractivity contribution in [3.63, 3.8) is 0 Å². The molecule has 0 amide bonds. The number of rotatable bonds is 3. The maximum absolute atomic E-state index is 13.2. The topological polar surface area (TPSA) is 20.2 Å². The lowest BCUT2D eigenvalue weighted by Gasteiger charge is -2.12. The van der Waals surface area contributed by atoms with Crippen LogP contribution >= 0.6 is 11.8 Å². The summed E-state index contributed by atoms with van der Waals surface area (Å²) in [5.41, 5.74) is 0.884. The standard InChI is InChI=1S/C10H13FOS/c1-7(6-12)8-4-3-5-9(11)10(8)13-2/h3-5,7,12H,6H2,1-2H3. The molecular formula is C10H13FOS. The highest BCUT2D eigenvalue weighted by Gasteiger charge is 2.12. The molecular weight excluding hydrogens is 187 g/mol. The second-order valence-electron chi connectivity index (χ2n) is 2.95. The van der Waals surface area contributed by atoms with Gasteiger partial charge in [-0.3, -0.25) is 0 Å². The Morgan fingerprint density at radius 3 is 2.77 bits per heavy atom. The molecule has 0 saturated carbocycles. The van der Waals surface area contributed by atoms with Gasteiger partial charge in [0.2, 0.25) is 0 Å². The Labute approximate surface area is 82.0 Å². The van der Waals surface area contributed by atoms with Gasteiger partial charge in [-0.05, 0) is 17.9 Å². The fraction of sp³-hybridized carbons (Fsp3) is 0.400. The van der Waals surface area contributed by atoms with E-state index in [2.05, 4.69) is 0 Å². The van der Waals surface area contributed by atoms with Gasteiger partial charge < -0.3 is 5.11 Å². The highest BCUT2D eigenvalue weighted by atomic mass is 32.2. The Morgan fingerprint density at radius 2 is 2.23 bits per heavy atom. The number of halogens is 1. The Kier molecular flexibility index (Phi) is 3.75. The van der Waals surface area contributed by atoms with E-state index in [9.17, 15) is 4.39 Å². The molecule has 0 aliphatic rings. The summed E-state index contributed by atoms with van der Waals surface area (Å²) in [5, 5.41) is 8.97. The van der Waals surface area contributed by atoms with Crippen molar-refractivity contribution in [2.24, 2.45) is 0 Å². The van der Waals surface area contributed by atoms with Crippen molar-refractivity contribution >= 4 is 11.8 Å². The summed E-state index contributed by atoms with van der Waals surface area (Å²) in [6.45, 7) is 1.94. The summed E-state index contributed by atoms with van der Waals surface area (Å²) >= 11 is 1.38. The molecule has 0 saturated heterocycles. The minimum absolute atomic E-state index is 0.00171. The van der Waals surface area contributed by atoms with Gasteiger partial charge in [0.05, 0.1) is 0 Å². The summed E-state index contributed by atoms with van der Waals surface area (Å²) in [6, 6.07) is 4.98. The highest BCUT2D eigenvalue weighted by molar-refractivity contribution is 7.98. The van der Waals surface area contributed by atoms with Crippen molar-refractivity contribution in [1.29, 1.82) is 0 Å². The summed E-state index contributed by atoms with van der Waals surface area (Å²) in [6.07, 6.45) is 1.84. The molecule has 0 aliphatic heterocycles. The average Bonchev–Trinajstić information content (AvgIpc) is 2.16. The van der Waals surface area contributed by atoms with Crippen molar-refractivity contribution in [2.45, 2.75) is 17.7 Å². The van der Waals surface area contributed by atoms with Crippen LogP contribution < -0.4 is 0 Å². The van der Waals surface area contributed by atoms with Crippen LogP contribution in [-0.4, -0.2) is 18.0 Å². The fourth-order valence-corrected chi connectivity index (χ4v) is 2.00. The van der Waals surface area contributed by atoms with Gasteiger partial charge in [0, 0.05) is 17.4 Å². The second-order valence-corrected chi connectivity index (χ2v) is 3.76. The van der Waals surface area contributed by atoms with E-state index < -0.39 is 0 Å². The third-order valence-corrected chi connectivity index (χ3v) is 2.85. The molecule has 1 unspecified atom stereocenters. The Balaban J connectivity index is 3.12. The second kappa shape index (κ2) is 4.63. The van der Waals surface area contributed by atoms with E-state index in [0.29, 0.717) is 4.90 Å². The van der Waals surface area contributed by atoms with Crippen LogP contribution in [0.1, 0.15) is 18.4 Å². The third kappa shape index (κ3) is 2.23. The number of aliphatic hydroxyl groups is 1. The largest absolute Gasteiger partial charge is 0.396 e. The van der Waals surface area contributed by atoms with Crippen LogP contribution in [0.2, 0.25) is 0 Å². The first-order valence-corrected chi connectivity index (χ1v) is 5.36. The number of benzene rings is 1. The van der Waals surface area contributed by atoms with Gasteiger partial charge in [-0.15, -0.1) is 11.8 Å². The Morgan fingerprint density at radius 1 is 1.54 bits per heavy atom. The van der Waals surface area contributed by atoms with Crippen molar-refractivity contribution in [3.8, 4) is 0 Å². The fourth-order valence-electron chi connectivity index (χ4n) is 1.23. The lowest BCUT2D eigenvalue weighted by molar-refractivity contribution is 0.271.